The molecule has 3 aromatic rings. The fourth-order valence-corrected chi connectivity index (χ4v) is 4.39. The quantitative estimate of drug-likeness (QED) is 0.432. The smallest absolute Gasteiger partial charge is 0.257 e. The van der Waals surface area contributed by atoms with Crippen LogP contribution in [-0.4, -0.2) is 17.5 Å². The molecule has 3 rings (SSSR count). The second-order valence-electron chi connectivity index (χ2n) is 5.46. The molecular formula is C18H16Cl2N2O2S2. The highest BCUT2D eigenvalue weighted by molar-refractivity contribution is 7.20. The van der Waals surface area contributed by atoms with Crippen LogP contribution in [0.2, 0.25) is 8.67 Å². The summed E-state index contributed by atoms with van der Waals surface area (Å²) >= 11 is 14.8. The van der Waals surface area contributed by atoms with Crippen molar-refractivity contribution in [3.63, 3.8) is 0 Å². The number of thiazole rings is 1. The molecule has 1 amide bonds. The third-order valence-electron chi connectivity index (χ3n) is 3.52. The van der Waals surface area contributed by atoms with E-state index >= 15 is 0 Å². The average Bonchev–Trinajstić information content (AvgIpc) is 3.21. The molecule has 136 valence electrons. The standard InChI is InChI=1S/C18H16Cl2N2O2S2/c1-2-3-7-24-12-6-4-5-11(8-12)17(23)22-18-21-14(10-25-18)13-9-15(19)26-16(13)20/h4-6,8-10H,2-3,7H2,1H3,(H,21,22,23). The lowest BCUT2D eigenvalue weighted by Crippen LogP contribution is -2.11. The molecule has 4 nitrogen and oxygen atoms in total. The predicted octanol–water partition coefficient (Wildman–Crippen LogP) is 6.61. The fourth-order valence-electron chi connectivity index (χ4n) is 2.20. The first-order chi connectivity index (χ1) is 12.6. The Labute approximate surface area is 169 Å². The van der Waals surface area contributed by atoms with Crippen LogP contribution in [0.15, 0.2) is 35.7 Å². The van der Waals surface area contributed by atoms with Gasteiger partial charge in [-0.2, -0.15) is 0 Å². The van der Waals surface area contributed by atoms with Gasteiger partial charge in [0.25, 0.3) is 5.91 Å². The van der Waals surface area contributed by atoms with E-state index in [1.165, 1.54) is 22.7 Å². The van der Waals surface area contributed by atoms with Gasteiger partial charge in [-0.25, -0.2) is 4.98 Å². The number of halogens is 2. The zero-order chi connectivity index (χ0) is 18.5. The Balaban J connectivity index is 1.69. The van der Waals surface area contributed by atoms with Crippen molar-refractivity contribution in [1.29, 1.82) is 0 Å². The normalized spacial score (nSPS) is 10.7. The molecule has 0 aliphatic carbocycles. The van der Waals surface area contributed by atoms with E-state index in [1.54, 1.807) is 24.3 Å². The SMILES string of the molecule is CCCCOc1cccc(C(=O)Nc2nc(-c3cc(Cl)sc3Cl)cs2)c1. The van der Waals surface area contributed by atoms with Crippen LogP contribution in [0.1, 0.15) is 30.1 Å². The summed E-state index contributed by atoms with van der Waals surface area (Å²) < 4.78 is 6.83. The molecule has 1 N–H and O–H groups in total. The second-order valence-corrected chi connectivity index (χ2v) is 8.60. The number of hydrogen-bond donors (Lipinski definition) is 1. The Bertz CT molecular complexity index is 908. The number of carbonyl (C=O) groups is 1. The van der Waals surface area contributed by atoms with Gasteiger partial charge in [-0.05, 0) is 30.7 Å². The zero-order valence-corrected chi connectivity index (χ0v) is 17.1. The Morgan fingerprint density at radius 1 is 1.31 bits per heavy atom. The van der Waals surface area contributed by atoms with Crippen molar-refractivity contribution in [3.8, 4) is 17.0 Å². The summed E-state index contributed by atoms with van der Waals surface area (Å²) in [6.07, 6.45) is 2.04. The van der Waals surface area contributed by atoms with Crippen LogP contribution in [0.5, 0.6) is 5.75 Å². The number of aromatic nitrogens is 1. The number of thiophene rings is 1. The van der Waals surface area contributed by atoms with Gasteiger partial charge in [0.1, 0.15) is 10.1 Å². The fraction of sp³-hybridized carbons (Fsp3) is 0.222. The van der Waals surface area contributed by atoms with Gasteiger partial charge in [-0.15, -0.1) is 22.7 Å². The summed E-state index contributed by atoms with van der Waals surface area (Å²) in [4.78, 5) is 16.9. The van der Waals surface area contributed by atoms with Gasteiger partial charge in [0.15, 0.2) is 5.13 Å². The van der Waals surface area contributed by atoms with E-state index in [9.17, 15) is 4.79 Å². The lowest BCUT2D eigenvalue weighted by molar-refractivity contribution is 0.102. The Hall–Kier alpha value is -1.60. The largest absolute Gasteiger partial charge is 0.494 e. The molecule has 0 aliphatic heterocycles. The Morgan fingerprint density at radius 3 is 2.88 bits per heavy atom. The van der Waals surface area contributed by atoms with E-state index in [0.29, 0.717) is 37.4 Å². The van der Waals surface area contributed by atoms with Crippen molar-refractivity contribution in [3.05, 3.63) is 49.9 Å². The highest BCUT2D eigenvalue weighted by Crippen LogP contribution is 2.39. The van der Waals surface area contributed by atoms with Crippen molar-refractivity contribution in [2.75, 3.05) is 11.9 Å². The van der Waals surface area contributed by atoms with Gasteiger partial charge in [0.05, 0.1) is 16.6 Å². The molecule has 0 bridgehead atoms. The maximum atomic E-state index is 12.5. The maximum Gasteiger partial charge on any atom is 0.257 e. The summed E-state index contributed by atoms with van der Waals surface area (Å²) in [6.45, 7) is 2.74. The van der Waals surface area contributed by atoms with E-state index in [-0.39, 0.29) is 5.91 Å². The predicted molar refractivity (Wildman–Crippen MR) is 110 cm³/mol. The van der Waals surface area contributed by atoms with Crippen LogP contribution in [0.4, 0.5) is 5.13 Å². The number of carbonyl (C=O) groups excluding carboxylic acids is 1. The van der Waals surface area contributed by atoms with Gasteiger partial charge in [0, 0.05) is 16.5 Å². The third-order valence-corrected chi connectivity index (χ3v) is 5.77. The number of ether oxygens (including phenoxy) is 1. The highest BCUT2D eigenvalue weighted by atomic mass is 35.5. The van der Waals surface area contributed by atoms with E-state index in [4.69, 9.17) is 27.9 Å². The minimum atomic E-state index is -0.235. The van der Waals surface area contributed by atoms with Crippen LogP contribution >= 0.6 is 45.9 Å². The molecule has 0 unspecified atom stereocenters. The number of benzene rings is 1. The van der Waals surface area contributed by atoms with E-state index in [1.807, 2.05) is 11.4 Å². The third kappa shape index (κ3) is 4.76. The number of anilines is 1. The van der Waals surface area contributed by atoms with Gasteiger partial charge in [-0.3, -0.25) is 10.1 Å². The van der Waals surface area contributed by atoms with Crippen molar-refractivity contribution >= 4 is 56.9 Å². The Kier molecular flexibility index (Phi) is 6.53. The van der Waals surface area contributed by atoms with Gasteiger partial charge < -0.3 is 4.74 Å². The van der Waals surface area contributed by atoms with Crippen LogP contribution in [0.25, 0.3) is 11.3 Å². The molecular weight excluding hydrogens is 411 g/mol. The first-order valence-electron chi connectivity index (χ1n) is 8.01. The Morgan fingerprint density at radius 2 is 2.15 bits per heavy atom. The second kappa shape index (κ2) is 8.86. The topological polar surface area (TPSA) is 51.2 Å². The molecule has 0 atom stereocenters. The number of nitrogens with one attached hydrogen (secondary N) is 1. The molecule has 1 aromatic carbocycles. The molecule has 2 heterocycles. The van der Waals surface area contributed by atoms with Crippen LogP contribution in [-0.2, 0) is 0 Å². The molecule has 0 aliphatic rings. The molecule has 8 heteroatoms. The van der Waals surface area contributed by atoms with Gasteiger partial charge >= 0.3 is 0 Å². The van der Waals surface area contributed by atoms with Gasteiger partial charge in [-0.1, -0.05) is 42.6 Å². The molecule has 0 saturated heterocycles. The number of nitrogens with zero attached hydrogens (tertiary/aromatic N) is 1. The molecule has 0 fully saturated rings. The molecule has 26 heavy (non-hydrogen) atoms. The van der Waals surface area contributed by atoms with Crippen molar-refractivity contribution in [1.82, 2.24) is 4.98 Å². The maximum absolute atomic E-state index is 12.5. The summed E-state index contributed by atoms with van der Waals surface area (Å²) in [5, 5.41) is 5.15. The van der Waals surface area contributed by atoms with Crippen molar-refractivity contribution in [2.24, 2.45) is 0 Å². The number of rotatable bonds is 7. The lowest BCUT2D eigenvalue weighted by atomic mass is 10.2. The average molecular weight is 427 g/mol. The van der Waals surface area contributed by atoms with E-state index < -0.39 is 0 Å². The minimum Gasteiger partial charge on any atom is -0.494 e. The zero-order valence-electron chi connectivity index (χ0n) is 13.9. The van der Waals surface area contributed by atoms with E-state index in [2.05, 4.69) is 17.2 Å². The van der Waals surface area contributed by atoms with Crippen molar-refractivity contribution in [2.45, 2.75) is 19.8 Å². The van der Waals surface area contributed by atoms with Crippen LogP contribution in [0.3, 0.4) is 0 Å². The summed E-state index contributed by atoms with van der Waals surface area (Å²) in [6, 6.07) is 8.89. The molecule has 0 saturated carbocycles. The number of hydrogen-bond acceptors (Lipinski definition) is 5. The molecule has 0 spiro atoms. The number of amides is 1. The summed E-state index contributed by atoms with van der Waals surface area (Å²) in [7, 11) is 0. The highest BCUT2D eigenvalue weighted by Gasteiger charge is 2.14. The van der Waals surface area contributed by atoms with Crippen LogP contribution in [0, 0.1) is 0 Å². The van der Waals surface area contributed by atoms with Crippen molar-refractivity contribution < 1.29 is 9.53 Å². The monoisotopic (exact) mass is 426 g/mol. The van der Waals surface area contributed by atoms with Crippen LogP contribution < -0.4 is 10.1 Å². The van der Waals surface area contributed by atoms with E-state index in [0.717, 1.165) is 18.4 Å². The molecule has 0 radical (unpaired) electrons. The minimum absolute atomic E-state index is 0.235. The summed E-state index contributed by atoms with van der Waals surface area (Å²) in [5.41, 5.74) is 1.98. The summed E-state index contributed by atoms with van der Waals surface area (Å²) in [5.74, 6) is 0.451. The molecule has 2 aromatic heterocycles. The lowest BCUT2D eigenvalue weighted by Gasteiger charge is -2.07. The number of unbranched alkanes of at least 4 members (excludes halogenated alkanes) is 1. The van der Waals surface area contributed by atoms with Gasteiger partial charge in [0.2, 0.25) is 0 Å². The first kappa shape index (κ1) is 19.2. The first-order valence-corrected chi connectivity index (χ1v) is 10.5.